The second kappa shape index (κ2) is 6.98. The lowest BCUT2D eigenvalue weighted by Gasteiger charge is -2.39. The third-order valence-electron chi connectivity index (χ3n) is 4.18. The number of carbonyl (C=O) groups excluding carboxylic acids is 1. The van der Waals surface area contributed by atoms with Crippen molar-refractivity contribution in [3.05, 3.63) is 42.2 Å². The molecule has 0 saturated carbocycles. The number of nitrogens with zero attached hydrogens (tertiary/aromatic N) is 2. The minimum Gasteiger partial charge on any atom is -0.444 e. The Morgan fingerprint density at radius 1 is 1.36 bits per heavy atom. The highest BCUT2D eigenvalue weighted by Gasteiger charge is 2.36. The fraction of sp³-hybridized carbons (Fsp3) is 0.474. The lowest BCUT2D eigenvalue weighted by molar-refractivity contribution is -0.0670. The van der Waals surface area contributed by atoms with Gasteiger partial charge in [0.25, 0.3) is 0 Å². The van der Waals surface area contributed by atoms with Crippen LogP contribution in [0.1, 0.15) is 32.4 Å². The van der Waals surface area contributed by atoms with Crippen molar-refractivity contribution in [2.45, 2.75) is 38.5 Å². The molecule has 3 rings (SSSR count). The van der Waals surface area contributed by atoms with E-state index in [4.69, 9.17) is 9.47 Å². The van der Waals surface area contributed by atoms with E-state index in [1.54, 1.807) is 17.3 Å². The molecule has 1 saturated heterocycles. The van der Waals surface area contributed by atoms with Crippen molar-refractivity contribution in [1.29, 1.82) is 0 Å². The standard InChI is InChI=1S/C19H24N2O4/c1-19(2,3)25-18(23)21-8-9-24-12-16(21)17(22)15-11-20-10-13-6-4-5-7-14(13)15/h4-7,10-11,16-17,22H,8-9,12H2,1-3H3. The predicted octanol–water partition coefficient (Wildman–Crippen LogP) is 2.90. The van der Waals surface area contributed by atoms with Gasteiger partial charge in [-0.1, -0.05) is 24.3 Å². The van der Waals surface area contributed by atoms with E-state index in [0.29, 0.717) is 18.7 Å². The van der Waals surface area contributed by atoms with Gasteiger partial charge in [-0.15, -0.1) is 0 Å². The maximum Gasteiger partial charge on any atom is 0.410 e. The number of carbonyl (C=O) groups is 1. The number of benzene rings is 1. The first-order valence-electron chi connectivity index (χ1n) is 8.45. The van der Waals surface area contributed by atoms with Crippen LogP contribution in [0.5, 0.6) is 0 Å². The average molecular weight is 344 g/mol. The van der Waals surface area contributed by atoms with Gasteiger partial charge in [-0.25, -0.2) is 4.79 Å². The van der Waals surface area contributed by atoms with Gasteiger partial charge in [0.2, 0.25) is 0 Å². The summed E-state index contributed by atoms with van der Waals surface area (Å²) >= 11 is 0. The first-order chi connectivity index (χ1) is 11.9. The number of morpholine rings is 1. The molecule has 2 aromatic rings. The van der Waals surface area contributed by atoms with Gasteiger partial charge in [0.1, 0.15) is 11.7 Å². The van der Waals surface area contributed by atoms with Crippen LogP contribution in [-0.2, 0) is 9.47 Å². The van der Waals surface area contributed by atoms with Crippen molar-refractivity contribution in [3.63, 3.8) is 0 Å². The molecule has 6 nitrogen and oxygen atoms in total. The van der Waals surface area contributed by atoms with Gasteiger partial charge in [-0.05, 0) is 26.2 Å². The molecule has 0 radical (unpaired) electrons. The molecule has 1 fully saturated rings. The number of pyridine rings is 1. The molecule has 6 heteroatoms. The number of aliphatic hydroxyl groups excluding tert-OH is 1. The van der Waals surface area contributed by atoms with E-state index in [1.807, 2.05) is 45.0 Å². The van der Waals surface area contributed by atoms with E-state index >= 15 is 0 Å². The Morgan fingerprint density at radius 2 is 2.12 bits per heavy atom. The number of hydrogen-bond acceptors (Lipinski definition) is 5. The maximum absolute atomic E-state index is 12.5. The molecule has 2 heterocycles. The van der Waals surface area contributed by atoms with Crippen LogP contribution < -0.4 is 0 Å². The number of rotatable bonds is 2. The highest BCUT2D eigenvalue weighted by molar-refractivity contribution is 5.85. The molecule has 0 aliphatic carbocycles. The van der Waals surface area contributed by atoms with Crippen molar-refractivity contribution >= 4 is 16.9 Å². The van der Waals surface area contributed by atoms with Gasteiger partial charge in [0, 0.05) is 29.9 Å². The van der Waals surface area contributed by atoms with Crippen molar-refractivity contribution in [1.82, 2.24) is 9.88 Å². The minimum atomic E-state index is -0.911. The number of amides is 1. The summed E-state index contributed by atoms with van der Waals surface area (Å²) in [6.45, 7) is 6.54. The minimum absolute atomic E-state index is 0.254. The summed E-state index contributed by atoms with van der Waals surface area (Å²) in [6, 6.07) is 7.22. The van der Waals surface area contributed by atoms with Crippen molar-refractivity contribution in [2.24, 2.45) is 0 Å². The fourth-order valence-electron chi connectivity index (χ4n) is 3.01. The van der Waals surface area contributed by atoms with E-state index in [1.165, 1.54) is 0 Å². The average Bonchev–Trinajstić information content (AvgIpc) is 2.59. The first-order valence-corrected chi connectivity index (χ1v) is 8.45. The Kier molecular flexibility index (Phi) is 4.92. The van der Waals surface area contributed by atoms with E-state index < -0.39 is 23.8 Å². The van der Waals surface area contributed by atoms with Crippen LogP contribution in [0.15, 0.2) is 36.7 Å². The molecule has 1 aromatic heterocycles. The monoisotopic (exact) mass is 344 g/mol. The number of fused-ring (bicyclic) bond motifs is 1. The second-order valence-electron chi connectivity index (χ2n) is 7.21. The molecule has 2 atom stereocenters. The summed E-state index contributed by atoms with van der Waals surface area (Å²) in [5, 5.41) is 12.9. The van der Waals surface area contributed by atoms with E-state index in [-0.39, 0.29) is 6.61 Å². The molecular formula is C19H24N2O4. The van der Waals surface area contributed by atoms with Gasteiger partial charge >= 0.3 is 6.09 Å². The Hall–Kier alpha value is -2.18. The van der Waals surface area contributed by atoms with Gasteiger partial charge in [-0.3, -0.25) is 9.88 Å². The molecule has 1 amide bonds. The number of hydrogen-bond donors (Lipinski definition) is 1. The van der Waals surface area contributed by atoms with E-state index in [2.05, 4.69) is 4.98 Å². The summed E-state index contributed by atoms with van der Waals surface area (Å²) < 4.78 is 11.0. The molecular weight excluding hydrogens is 320 g/mol. The largest absolute Gasteiger partial charge is 0.444 e. The summed E-state index contributed by atoms with van der Waals surface area (Å²) in [6.07, 6.45) is 2.06. The molecule has 1 aromatic carbocycles. The third-order valence-corrected chi connectivity index (χ3v) is 4.18. The molecule has 1 N–H and O–H groups in total. The molecule has 1 aliphatic rings. The molecule has 134 valence electrons. The molecule has 2 unspecified atom stereocenters. The molecule has 0 bridgehead atoms. The lowest BCUT2D eigenvalue weighted by atomic mass is 9.97. The van der Waals surface area contributed by atoms with Crippen LogP contribution in [-0.4, -0.2) is 52.5 Å². The summed E-state index contributed by atoms with van der Waals surface area (Å²) in [5.41, 5.74) is 0.0912. The fourth-order valence-corrected chi connectivity index (χ4v) is 3.01. The Morgan fingerprint density at radius 3 is 2.88 bits per heavy atom. The van der Waals surface area contributed by atoms with Gasteiger partial charge < -0.3 is 14.6 Å². The third kappa shape index (κ3) is 3.91. The molecule has 1 aliphatic heterocycles. The van der Waals surface area contributed by atoms with Gasteiger partial charge in [0.05, 0.1) is 19.3 Å². The number of ether oxygens (including phenoxy) is 2. The topological polar surface area (TPSA) is 71.9 Å². The Labute approximate surface area is 147 Å². The van der Waals surface area contributed by atoms with E-state index in [0.717, 1.165) is 10.8 Å². The maximum atomic E-state index is 12.5. The van der Waals surface area contributed by atoms with Crippen molar-refractivity contribution < 1.29 is 19.4 Å². The van der Waals surface area contributed by atoms with Crippen LogP contribution in [0.2, 0.25) is 0 Å². The van der Waals surface area contributed by atoms with Crippen LogP contribution in [0.25, 0.3) is 10.8 Å². The molecule has 0 spiro atoms. The van der Waals surface area contributed by atoms with E-state index in [9.17, 15) is 9.90 Å². The number of aliphatic hydroxyl groups is 1. The van der Waals surface area contributed by atoms with Crippen LogP contribution in [0.4, 0.5) is 4.79 Å². The zero-order valence-corrected chi connectivity index (χ0v) is 14.8. The summed E-state index contributed by atoms with van der Waals surface area (Å²) in [7, 11) is 0. The smallest absolute Gasteiger partial charge is 0.410 e. The zero-order chi connectivity index (χ0) is 18.0. The lowest BCUT2D eigenvalue weighted by Crippen LogP contribution is -2.52. The number of aromatic nitrogens is 1. The predicted molar refractivity (Wildman–Crippen MR) is 94.2 cm³/mol. The zero-order valence-electron chi connectivity index (χ0n) is 14.8. The van der Waals surface area contributed by atoms with Crippen LogP contribution in [0.3, 0.4) is 0 Å². The van der Waals surface area contributed by atoms with Gasteiger partial charge in [0.15, 0.2) is 0 Å². The molecule has 25 heavy (non-hydrogen) atoms. The highest BCUT2D eigenvalue weighted by Crippen LogP contribution is 2.29. The summed E-state index contributed by atoms with van der Waals surface area (Å²) in [4.78, 5) is 18.3. The second-order valence-corrected chi connectivity index (χ2v) is 7.21. The van der Waals surface area contributed by atoms with Crippen molar-refractivity contribution in [3.8, 4) is 0 Å². The first kappa shape index (κ1) is 17.6. The highest BCUT2D eigenvalue weighted by atomic mass is 16.6. The summed E-state index contributed by atoms with van der Waals surface area (Å²) in [5.74, 6) is 0. The van der Waals surface area contributed by atoms with Gasteiger partial charge in [-0.2, -0.15) is 0 Å². The Balaban J connectivity index is 1.90. The van der Waals surface area contributed by atoms with Crippen LogP contribution in [0, 0.1) is 0 Å². The Bertz CT molecular complexity index is 751. The SMILES string of the molecule is CC(C)(C)OC(=O)N1CCOCC1C(O)c1cncc2ccccc12. The van der Waals surface area contributed by atoms with Crippen LogP contribution >= 0.6 is 0 Å². The quantitative estimate of drug-likeness (QED) is 0.907. The van der Waals surface area contributed by atoms with Crippen molar-refractivity contribution in [2.75, 3.05) is 19.8 Å². The normalized spacial score (nSPS) is 19.7.